The van der Waals surface area contributed by atoms with Gasteiger partial charge in [-0.1, -0.05) is 22.9 Å². The van der Waals surface area contributed by atoms with Crippen molar-refractivity contribution >= 4 is 17.7 Å². The van der Waals surface area contributed by atoms with Gasteiger partial charge >= 0.3 is 0 Å². The van der Waals surface area contributed by atoms with E-state index in [4.69, 9.17) is 10.3 Å². The van der Waals surface area contributed by atoms with Gasteiger partial charge in [0.2, 0.25) is 5.88 Å². The number of rotatable bonds is 4. The smallest absolute Gasteiger partial charge is 0.258 e. The van der Waals surface area contributed by atoms with Gasteiger partial charge in [0.15, 0.2) is 0 Å². The molecule has 0 atom stereocenters. The second-order valence-corrected chi connectivity index (χ2v) is 5.16. The first-order valence-corrected chi connectivity index (χ1v) is 7.14. The Balaban J connectivity index is 1.96. The fourth-order valence-corrected chi connectivity index (χ4v) is 2.27. The highest BCUT2D eigenvalue weighted by molar-refractivity contribution is 6.09. The van der Waals surface area contributed by atoms with Crippen LogP contribution in [0, 0.1) is 6.92 Å². The Morgan fingerprint density at radius 3 is 2.58 bits per heavy atom. The summed E-state index contributed by atoms with van der Waals surface area (Å²) in [6, 6.07) is 10.3. The van der Waals surface area contributed by atoms with Crippen molar-refractivity contribution in [2.75, 3.05) is 5.32 Å². The number of aromatic nitrogens is 2. The van der Waals surface area contributed by atoms with E-state index < -0.39 is 11.8 Å². The molecule has 0 saturated carbocycles. The molecule has 3 N–H and O–H groups in total. The monoisotopic (exact) mass is 322 g/mol. The maximum Gasteiger partial charge on any atom is 0.258 e. The molecule has 3 aromatic rings. The zero-order valence-corrected chi connectivity index (χ0v) is 12.8. The first-order chi connectivity index (χ1) is 11.6. The predicted octanol–water partition coefficient (Wildman–Crippen LogP) is 2.40. The molecule has 0 aliphatic rings. The Morgan fingerprint density at radius 2 is 1.92 bits per heavy atom. The van der Waals surface area contributed by atoms with Gasteiger partial charge in [0.05, 0.1) is 0 Å². The van der Waals surface area contributed by atoms with Crippen LogP contribution in [0.4, 0.5) is 5.88 Å². The summed E-state index contributed by atoms with van der Waals surface area (Å²) in [7, 11) is 0. The van der Waals surface area contributed by atoms with Crippen LogP contribution in [0.15, 0.2) is 53.3 Å². The van der Waals surface area contributed by atoms with Gasteiger partial charge in [-0.15, -0.1) is 0 Å². The molecule has 0 aliphatic heterocycles. The van der Waals surface area contributed by atoms with Gasteiger partial charge in [-0.3, -0.25) is 19.9 Å². The molecule has 7 nitrogen and oxygen atoms in total. The molecular weight excluding hydrogens is 308 g/mol. The highest BCUT2D eigenvalue weighted by atomic mass is 16.5. The zero-order valence-electron chi connectivity index (χ0n) is 12.8. The molecule has 0 bridgehead atoms. The second-order valence-electron chi connectivity index (χ2n) is 5.16. The van der Waals surface area contributed by atoms with Gasteiger partial charge in [0, 0.05) is 23.5 Å². The Bertz CT molecular complexity index is 903. The van der Waals surface area contributed by atoms with Crippen molar-refractivity contribution < 1.29 is 14.1 Å². The topological polar surface area (TPSA) is 111 Å². The van der Waals surface area contributed by atoms with Gasteiger partial charge < -0.3 is 10.3 Å². The summed E-state index contributed by atoms with van der Waals surface area (Å²) in [5, 5.41) is 6.39. The van der Waals surface area contributed by atoms with Gasteiger partial charge in [-0.2, -0.15) is 0 Å². The minimum absolute atomic E-state index is 0.0159. The molecule has 0 spiro atoms. The minimum Gasteiger partial charge on any atom is -0.365 e. The molecule has 0 saturated heterocycles. The Kier molecular flexibility index (Phi) is 4.07. The van der Waals surface area contributed by atoms with Crippen molar-refractivity contribution in [2.45, 2.75) is 6.92 Å². The third-order valence-electron chi connectivity index (χ3n) is 3.40. The van der Waals surface area contributed by atoms with Crippen LogP contribution in [0.3, 0.4) is 0 Å². The largest absolute Gasteiger partial charge is 0.365 e. The van der Waals surface area contributed by atoms with E-state index in [1.807, 2.05) is 13.0 Å². The van der Waals surface area contributed by atoms with E-state index in [0.29, 0.717) is 11.1 Å². The van der Waals surface area contributed by atoms with E-state index in [1.165, 1.54) is 0 Å². The van der Waals surface area contributed by atoms with Crippen LogP contribution in [0.5, 0.6) is 0 Å². The quantitative estimate of drug-likeness (QED) is 0.766. The lowest BCUT2D eigenvalue weighted by molar-refractivity contribution is 0.100. The van der Waals surface area contributed by atoms with Crippen molar-refractivity contribution in [2.24, 2.45) is 5.73 Å². The molecule has 1 aromatic carbocycles. The van der Waals surface area contributed by atoms with Crippen molar-refractivity contribution in [3.8, 4) is 11.3 Å². The molecule has 120 valence electrons. The van der Waals surface area contributed by atoms with Crippen LogP contribution >= 0.6 is 0 Å². The van der Waals surface area contributed by atoms with Crippen molar-refractivity contribution in [1.29, 1.82) is 0 Å². The van der Waals surface area contributed by atoms with Crippen LogP contribution in [0.2, 0.25) is 0 Å². The first kappa shape index (κ1) is 15.4. The molecule has 2 aromatic heterocycles. The zero-order chi connectivity index (χ0) is 17.1. The number of hydrogen-bond donors (Lipinski definition) is 2. The summed E-state index contributed by atoms with van der Waals surface area (Å²) in [4.78, 5) is 28.0. The standard InChI is InChI=1S/C17H14N4O3/c1-10-3-2-4-12(9-10)16(23)20-17-13(15(18)22)14(21-24-17)11-5-7-19-8-6-11/h2-9H,1H3,(H2,18,22)(H,20,23). The molecule has 2 amide bonds. The fourth-order valence-electron chi connectivity index (χ4n) is 2.27. The average molecular weight is 322 g/mol. The fraction of sp³-hybridized carbons (Fsp3) is 0.0588. The second kappa shape index (κ2) is 6.33. The van der Waals surface area contributed by atoms with E-state index in [9.17, 15) is 9.59 Å². The van der Waals surface area contributed by atoms with E-state index in [1.54, 1.807) is 42.7 Å². The number of hydrogen-bond acceptors (Lipinski definition) is 5. The van der Waals surface area contributed by atoms with E-state index in [-0.39, 0.29) is 17.1 Å². The summed E-state index contributed by atoms with van der Waals surface area (Å²) >= 11 is 0. The number of anilines is 1. The number of benzene rings is 1. The summed E-state index contributed by atoms with van der Waals surface area (Å²) in [6.07, 6.45) is 3.11. The number of carbonyl (C=O) groups excluding carboxylic acids is 2. The van der Waals surface area contributed by atoms with E-state index in [2.05, 4.69) is 15.5 Å². The van der Waals surface area contributed by atoms with Crippen molar-refractivity contribution in [3.05, 3.63) is 65.5 Å². The highest BCUT2D eigenvalue weighted by Gasteiger charge is 2.24. The number of primary amides is 1. The highest BCUT2D eigenvalue weighted by Crippen LogP contribution is 2.28. The van der Waals surface area contributed by atoms with Crippen molar-refractivity contribution in [1.82, 2.24) is 10.1 Å². The molecule has 0 fully saturated rings. The van der Waals surface area contributed by atoms with E-state index >= 15 is 0 Å². The molecule has 7 heteroatoms. The molecule has 24 heavy (non-hydrogen) atoms. The maximum atomic E-state index is 12.3. The molecule has 0 aliphatic carbocycles. The lowest BCUT2D eigenvalue weighted by atomic mass is 10.1. The maximum absolute atomic E-state index is 12.3. The number of pyridine rings is 1. The lowest BCUT2D eigenvalue weighted by Crippen LogP contribution is -2.17. The minimum atomic E-state index is -0.748. The summed E-state index contributed by atoms with van der Waals surface area (Å²) in [5.41, 5.74) is 7.68. The van der Waals surface area contributed by atoms with E-state index in [0.717, 1.165) is 5.56 Å². The lowest BCUT2D eigenvalue weighted by Gasteiger charge is -2.04. The Morgan fingerprint density at radius 1 is 1.17 bits per heavy atom. The Hall–Kier alpha value is -3.48. The van der Waals surface area contributed by atoms with Gasteiger partial charge in [-0.05, 0) is 31.2 Å². The normalized spacial score (nSPS) is 10.4. The van der Waals surface area contributed by atoms with Crippen molar-refractivity contribution in [3.63, 3.8) is 0 Å². The third-order valence-corrected chi connectivity index (χ3v) is 3.40. The van der Waals surface area contributed by atoms with Crippen LogP contribution in [-0.4, -0.2) is 22.0 Å². The van der Waals surface area contributed by atoms with Gasteiger partial charge in [0.25, 0.3) is 11.8 Å². The van der Waals surface area contributed by atoms with Gasteiger partial charge in [-0.25, -0.2) is 0 Å². The molecule has 0 unspecified atom stereocenters. The molecule has 2 heterocycles. The Labute approximate surface area is 137 Å². The van der Waals surface area contributed by atoms with Gasteiger partial charge in [0.1, 0.15) is 11.3 Å². The summed E-state index contributed by atoms with van der Waals surface area (Å²) in [6.45, 7) is 1.88. The number of carbonyl (C=O) groups is 2. The molecule has 3 rings (SSSR count). The van der Waals surface area contributed by atoms with Crippen LogP contribution in [0.1, 0.15) is 26.3 Å². The summed E-state index contributed by atoms with van der Waals surface area (Å²) < 4.78 is 5.13. The first-order valence-electron chi connectivity index (χ1n) is 7.14. The number of amides is 2. The van der Waals surface area contributed by atoms with Crippen LogP contribution in [-0.2, 0) is 0 Å². The third kappa shape index (κ3) is 3.00. The number of nitrogens with two attached hydrogens (primary N) is 1. The molecule has 0 radical (unpaired) electrons. The van der Waals surface area contributed by atoms with Crippen LogP contribution in [0.25, 0.3) is 11.3 Å². The SMILES string of the molecule is Cc1cccc(C(=O)Nc2onc(-c3ccncc3)c2C(N)=O)c1. The predicted molar refractivity (Wildman–Crippen MR) is 87.4 cm³/mol. The average Bonchev–Trinajstić information content (AvgIpc) is 2.99. The molecular formula is C17H14N4O3. The number of nitrogens with one attached hydrogen (secondary N) is 1. The summed E-state index contributed by atoms with van der Waals surface area (Å²) in [5.74, 6) is -1.25. The number of aryl methyl sites for hydroxylation is 1. The number of nitrogens with zero attached hydrogens (tertiary/aromatic N) is 2. The van der Waals surface area contributed by atoms with Crippen LogP contribution < -0.4 is 11.1 Å².